The molecule has 1 aliphatic heterocycles. The van der Waals surface area contributed by atoms with Crippen molar-refractivity contribution in [2.24, 2.45) is 4.99 Å². The number of carbonyl (C=O) groups is 2. The lowest BCUT2D eigenvalue weighted by molar-refractivity contribution is -0.136. The molecule has 0 N–H and O–H groups in total. The number of methoxy groups -OCH3 is 2. The van der Waals surface area contributed by atoms with E-state index in [9.17, 15) is 14.4 Å². The zero-order valence-corrected chi connectivity index (χ0v) is 21.0. The summed E-state index contributed by atoms with van der Waals surface area (Å²) in [6, 6.07) is 14.1. The summed E-state index contributed by atoms with van der Waals surface area (Å²) in [4.78, 5) is 43.1. The lowest BCUT2D eigenvalue weighted by atomic mass is 9.93. The van der Waals surface area contributed by atoms with E-state index in [1.807, 2.05) is 24.3 Å². The highest BCUT2D eigenvalue weighted by atomic mass is 32.1. The summed E-state index contributed by atoms with van der Waals surface area (Å²) in [5.74, 6) is -0.587. The van der Waals surface area contributed by atoms with Crippen LogP contribution in [0, 0.1) is 0 Å². The van der Waals surface area contributed by atoms with Gasteiger partial charge in [-0.3, -0.25) is 9.36 Å². The largest absolute Gasteiger partial charge is 0.466 e. The van der Waals surface area contributed by atoms with Crippen LogP contribution in [0.15, 0.2) is 69.6 Å². The number of ether oxygens (including phenoxy) is 2. The Morgan fingerprint density at radius 1 is 1.00 bits per heavy atom. The number of fused-ring (bicyclic) bond motifs is 1. The molecule has 1 aliphatic rings. The standard InChI is InChI=1S/C27H26N2O5S/c1-15(2)18-10-12-19(13-11-18)23-22(26(32)34-5)16(3)28-27-29(23)24(30)21(35-27)14-17-6-8-20(9-7-17)25(31)33-4/h6-15,23H,1-5H3/b21-14-/t23-/m0/s1. The smallest absolute Gasteiger partial charge is 0.338 e. The van der Waals surface area contributed by atoms with Crippen molar-refractivity contribution in [1.29, 1.82) is 0 Å². The van der Waals surface area contributed by atoms with Crippen molar-refractivity contribution in [3.05, 3.63) is 102 Å². The molecular weight excluding hydrogens is 464 g/mol. The second-order valence-electron chi connectivity index (χ2n) is 8.51. The molecule has 2 heterocycles. The van der Waals surface area contributed by atoms with E-state index < -0.39 is 18.0 Å². The molecule has 0 radical (unpaired) electrons. The minimum atomic E-state index is -0.649. The van der Waals surface area contributed by atoms with Crippen molar-refractivity contribution >= 4 is 29.4 Å². The van der Waals surface area contributed by atoms with Gasteiger partial charge in [-0.2, -0.15) is 0 Å². The van der Waals surface area contributed by atoms with Gasteiger partial charge < -0.3 is 9.47 Å². The number of aromatic nitrogens is 1. The van der Waals surface area contributed by atoms with Gasteiger partial charge >= 0.3 is 11.9 Å². The van der Waals surface area contributed by atoms with Crippen LogP contribution in [0.25, 0.3) is 6.08 Å². The zero-order chi connectivity index (χ0) is 25.3. The van der Waals surface area contributed by atoms with Crippen molar-refractivity contribution < 1.29 is 19.1 Å². The van der Waals surface area contributed by atoms with Crippen LogP contribution in [-0.4, -0.2) is 30.7 Å². The maximum absolute atomic E-state index is 13.6. The van der Waals surface area contributed by atoms with E-state index in [-0.39, 0.29) is 5.56 Å². The van der Waals surface area contributed by atoms with E-state index in [0.717, 1.165) is 16.7 Å². The molecule has 0 unspecified atom stereocenters. The average Bonchev–Trinajstić information content (AvgIpc) is 3.16. The monoisotopic (exact) mass is 490 g/mol. The number of nitrogens with zero attached hydrogens (tertiary/aromatic N) is 2. The first-order valence-electron chi connectivity index (χ1n) is 11.1. The number of rotatable bonds is 5. The molecule has 0 amide bonds. The molecular formula is C27H26N2O5S. The molecule has 0 aliphatic carbocycles. The summed E-state index contributed by atoms with van der Waals surface area (Å²) < 4.78 is 11.8. The SMILES string of the molecule is COC(=O)C1=C(C)N=c2s/c(=C\c3ccc(C(=O)OC)cc3)c(=O)n2[C@H]1c1ccc(C(C)C)cc1. The van der Waals surface area contributed by atoms with Crippen LogP contribution in [0.5, 0.6) is 0 Å². The molecule has 3 aromatic rings. The van der Waals surface area contributed by atoms with E-state index in [1.54, 1.807) is 41.8 Å². The first kappa shape index (κ1) is 24.3. The minimum absolute atomic E-state index is 0.252. The van der Waals surface area contributed by atoms with E-state index in [2.05, 4.69) is 18.8 Å². The Morgan fingerprint density at radius 2 is 1.63 bits per heavy atom. The van der Waals surface area contributed by atoms with Crippen LogP contribution < -0.4 is 14.9 Å². The Labute approximate surface area is 206 Å². The zero-order valence-electron chi connectivity index (χ0n) is 20.2. The van der Waals surface area contributed by atoms with Crippen LogP contribution in [0.2, 0.25) is 0 Å². The lowest BCUT2D eigenvalue weighted by Gasteiger charge is -2.24. The fraction of sp³-hybridized carbons (Fsp3) is 0.259. The number of hydrogen-bond acceptors (Lipinski definition) is 7. The molecule has 0 saturated carbocycles. The summed E-state index contributed by atoms with van der Waals surface area (Å²) >= 11 is 1.25. The first-order valence-corrected chi connectivity index (χ1v) is 12.0. The molecule has 1 aromatic heterocycles. The fourth-order valence-corrected chi connectivity index (χ4v) is 5.10. The number of benzene rings is 2. The van der Waals surface area contributed by atoms with Gasteiger partial charge in [-0.25, -0.2) is 14.6 Å². The van der Waals surface area contributed by atoms with E-state index >= 15 is 0 Å². The third-order valence-electron chi connectivity index (χ3n) is 5.98. The number of carbonyl (C=O) groups excluding carboxylic acids is 2. The van der Waals surface area contributed by atoms with E-state index in [4.69, 9.17) is 9.47 Å². The van der Waals surface area contributed by atoms with Gasteiger partial charge in [0.1, 0.15) is 0 Å². The van der Waals surface area contributed by atoms with Crippen LogP contribution in [-0.2, 0) is 14.3 Å². The highest BCUT2D eigenvalue weighted by Crippen LogP contribution is 2.31. The number of thiazole rings is 1. The van der Waals surface area contributed by atoms with Crippen molar-refractivity contribution in [2.45, 2.75) is 32.7 Å². The first-order chi connectivity index (χ1) is 16.7. The summed E-state index contributed by atoms with van der Waals surface area (Å²) in [6.45, 7) is 5.98. The molecule has 7 nitrogen and oxygen atoms in total. The summed E-state index contributed by atoms with van der Waals surface area (Å²) in [5.41, 5.74) is 3.75. The van der Waals surface area contributed by atoms with Gasteiger partial charge in [-0.15, -0.1) is 0 Å². The molecule has 180 valence electrons. The van der Waals surface area contributed by atoms with E-state index in [1.165, 1.54) is 25.6 Å². The molecule has 35 heavy (non-hydrogen) atoms. The van der Waals surface area contributed by atoms with Gasteiger partial charge in [0.05, 0.1) is 41.6 Å². The molecule has 0 fully saturated rings. The summed E-state index contributed by atoms with van der Waals surface area (Å²) in [5, 5.41) is 0. The third kappa shape index (κ3) is 4.61. The molecule has 0 bridgehead atoms. The van der Waals surface area contributed by atoms with Crippen molar-refractivity contribution in [3.63, 3.8) is 0 Å². The number of esters is 2. The van der Waals surface area contributed by atoms with Crippen molar-refractivity contribution in [2.75, 3.05) is 14.2 Å². The van der Waals surface area contributed by atoms with E-state index in [0.29, 0.717) is 32.1 Å². The highest BCUT2D eigenvalue weighted by molar-refractivity contribution is 7.07. The summed E-state index contributed by atoms with van der Waals surface area (Å²) in [6.07, 6.45) is 1.75. The maximum atomic E-state index is 13.6. The van der Waals surface area contributed by atoms with Gasteiger partial charge in [0.15, 0.2) is 4.80 Å². The van der Waals surface area contributed by atoms with Gasteiger partial charge in [0, 0.05) is 0 Å². The van der Waals surface area contributed by atoms with Crippen LogP contribution in [0.3, 0.4) is 0 Å². The van der Waals surface area contributed by atoms with Crippen LogP contribution in [0.1, 0.15) is 59.8 Å². The predicted octanol–water partition coefficient (Wildman–Crippen LogP) is 3.32. The number of allylic oxidation sites excluding steroid dienone is 1. The van der Waals surface area contributed by atoms with Crippen LogP contribution in [0.4, 0.5) is 0 Å². The molecule has 0 saturated heterocycles. The average molecular weight is 491 g/mol. The van der Waals surface area contributed by atoms with Crippen LogP contribution >= 0.6 is 11.3 Å². The Bertz CT molecular complexity index is 1490. The topological polar surface area (TPSA) is 87.0 Å². The quantitative estimate of drug-likeness (QED) is 0.512. The van der Waals surface area contributed by atoms with Gasteiger partial charge in [0.2, 0.25) is 0 Å². The van der Waals surface area contributed by atoms with Crippen molar-refractivity contribution in [3.8, 4) is 0 Å². The predicted molar refractivity (Wildman–Crippen MR) is 134 cm³/mol. The molecule has 0 spiro atoms. The van der Waals surface area contributed by atoms with Gasteiger partial charge in [0.25, 0.3) is 5.56 Å². The lowest BCUT2D eigenvalue weighted by Crippen LogP contribution is -2.39. The van der Waals surface area contributed by atoms with Crippen molar-refractivity contribution in [1.82, 2.24) is 4.57 Å². The summed E-state index contributed by atoms with van der Waals surface area (Å²) in [7, 11) is 2.65. The minimum Gasteiger partial charge on any atom is -0.466 e. The molecule has 1 atom stereocenters. The Morgan fingerprint density at radius 3 is 2.20 bits per heavy atom. The Hall–Kier alpha value is -3.78. The number of hydrogen-bond donors (Lipinski definition) is 0. The molecule has 2 aromatic carbocycles. The highest BCUT2D eigenvalue weighted by Gasteiger charge is 2.33. The third-order valence-corrected chi connectivity index (χ3v) is 6.96. The molecule has 4 rings (SSSR count). The Balaban J connectivity index is 1.87. The van der Waals surface area contributed by atoms with Gasteiger partial charge in [-0.1, -0.05) is 61.6 Å². The second-order valence-corrected chi connectivity index (χ2v) is 9.52. The molecule has 8 heteroatoms. The second kappa shape index (κ2) is 9.84. The maximum Gasteiger partial charge on any atom is 0.338 e. The normalized spacial score (nSPS) is 15.6. The van der Waals surface area contributed by atoms with Gasteiger partial charge in [-0.05, 0) is 47.7 Å². The fourth-order valence-electron chi connectivity index (χ4n) is 4.06. The Kier molecular flexibility index (Phi) is 6.84.